The minimum Gasteiger partial charge on any atom is -0.459 e. The van der Waals surface area contributed by atoms with Crippen molar-refractivity contribution in [3.05, 3.63) is 54.0 Å². The maximum Gasteiger partial charge on any atom is 0.287 e. The third-order valence-corrected chi connectivity index (χ3v) is 5.29. The number of rotatable bonds is 9. The first-order valence-electron chi connectivity index (χ1n) is 8.33. The van der Waals surface area contributed by atoms with Crippen LogP contribution in [0.15, 0.2) is 52.0 Å². The number of furan rings is 1. The lowest BCUT2D eigenvalue weighted by atomic mass is 10.2. The first-order chi connectivity index (χ1) is 12.4. The lowest BCUT2D eigenvalue weighted by Gasteiger charge is -2.07. The number of sulfone groups is 1. The molecule has 26 heavy (non-hydrogen) atoms. The van der Waals surface area contributed by atoms with Crippen molar-refractivity contribution in [2.24, 2.45) is 0 Å². The molecule has 0 unspecified atom stereocenters. The third-order valence-electron chi connectivity index (χ3n) is 3.61. The molecule has 1 heterocycles. The van der Waals surface area contributed by atoms with Gasteiger partial charge in [-0.3, -0.25) is 9.59 Å². The molecule has 0 fully saturated rings. The lowest BCUT2D eigenvalue weighted by molar-refractivity contribution is -0.120. The Labute approximate surface area is 152 Å². The van der Waals surface area contributed by atoms with E-state index in [1.165, 1.54) is 24.5 Å². The van der Waals surface area contributed by atoms with Crippen molar-refractivity contribution >= 4 is 21.7 Å². The van der Waals surface area contributed by atoms with E-state index in [0.717, 1.165) is 6.42 Å². The second kappa shape index (κ2) is 9.19. The molecule has 0 atom stereocenters. The summed E-state index contributed by atoms with van der Waals surface area (Å²) in [5, 5.41) is 5.28. The molecule has 0 aliphatic carbocycles. The fourth-order valence-electron chi connectivity index (χ4n) is 2.29. The molecule has 1 aromatic heterocycles. The van der Waals surface area contributed by atoms with Crippen molar-refractivity contribution in [2.75, 3.05) is 13.1 Å². The smallest absolute Gasteiger partial charge is 0.287 e. The van der Waals surface area contributed by atoms with Gasteiger partial charge >= 0.3 is 0 Å². The first kappa shape index (κ1) is 19.7. The fourth-order valence-corrected chi connectivity index (χ4v) is 3.66. The first-order valence-corrected chi connectivity index (χ1v) is 9.98. The monoisotopic (exact) mass is 378 g/mol. The van der Waals surface area contributed by atoms with Crippen LogP contribution in [0.25, 0.3) is 0 Å². The van der Waals surface area contributed by atoms with Crippen LogP contribution in [0.2, 0.25) is 0 Å². The summed E-state index contributed by atoms with van der Waals surface area (Å²) in [7, 11) is -3.59. The zero-order valence-corrected chi connectivity index (χ0v) is 15.3. The Morgan fingerprint density at radius 3 is 2.46 bits per heavy atom. The normalized spacial score (nSPS) is 11.1. The van der Waals surface area contributed by atoms with E-state index in [0.29, 0.717) is 6.54 Å². The van der Waals surface area contributed by atoms with Gasteiger partial charge < -0.3 is 15.1 Å². The summed E-state index contributed by atoms with van der Waals surface area (Å²) >= 11 is 0. The highest BCUT2D eigenvalue weighted by atomic mass is 32.2. The van der Waals surface area contributed by atoms with Gasteiger partial charge in [-0.05, 0) is 24.6 Å². The van der Waals surface area contributed by atoms with Crippen LogP contribution in [0.1, 0.15) is 35.9 Å². The van der Waals surface area contributed by atoms with Crippen LogP contribution in [-0.2, 0) is 20.4 Å². The minimum atomic E-state index is -3.59. The Morgan fingerprint density at radius 1 is 1.04 bits per heavy atom. The van der Waals surface area contributed by atoms with Gasteiger partial charge in [0.15, 0.2) is 15.6 Å². The predicted molar refractivity (Wildman–Crippen MR) is 96.3 cm³/mol. The van der Waals surface area contributed by atoms with Gasteiger partial charge in [0, 0.05) is 25.1 Å². The van der Waals surface area contributed by atoms with Crippen LogP contribution >= 0.6 is 0 Å². The molecule has 1 aromatic carbocycles. The molecule has 140 valence electrons. The van der Waals surface area contributed by atoms with Gasteiger partial charge in [-0.25, -0.2) is 8.42 Å². The largest absolute Gasteiger partial charge is 0.459 e. The number of hydrogen-bond donors (Lipinski definition) is 2. The number of nitrogens with one attached hydrogen (secondary N) is 2. The van der Waals surface area contributed by atoms with Crippen LogP contribution in [-0.4, -0.2) is 33.3 Å². The van der Waals surface area contributed by atoms with E-state index < -0.39 is 15.7 Å². The van der Waals surface area contributed by atoms with Gasteiger partial charge in [0.2, 0.25) is 5.91 Å². The topological polar surface area (TPSA) is 105 Å². The molecule has 0 saturated heterocycles. The zero-order chi connectivity index (χ0) is 19.0. The van der Waals surface area contributed by atoms with Crippen molar-refractivity contribution in [1.82, 2.24) is 10.6 Å². The molecule has 2 amide bonds. The summed E-state index contributed by atoms with van der Waals surface area (Å²) in [6.45, 7) is 2.68. The van der Waals surface area contributed by atoms with E-state index in [2.05, 4.69) is 10.6 Å². The van der Waals surface area contributed by atoms with Crippen LogP contribution in [0.4, 0.5) is 0 Å². The standard InChI is InChI=1S/C18H22N2O5S/c1-2-10-19-16(21)8-11-20-18(22)17-14(9-12-25-17)13-26(23,24)15-6-4-3-5-7-15/h3-7,9,12H,2,8,10-11,13H2,1H3,(H,19,21)(H,20,22). The van der Waals surface area contributed by atoms with Crippen molar-refractivity contribution in [3.63, 3.8) is 0 Å². The van der Waals surface area contributed by atoms with Gasteiger partial charge in [0.25, 0.3) is 5.91 Å². The van der Waals surface area contributed by atoms with E-state index in [1.807, 2.05) is 6.92 Å². The summed E-state index contributed by atoms with van der Waals surface area (Å²) in [6, 6.07) is 9.48. The Kier molecular flexibility index (Phi) is 6.97. The quantitative estimate of drug-likeness (QED) is 0.693. The molecular formula is C18H22N2O5S. The van der Waals surface area contributed by atoms with E-state index in [-0.39, 0.29) is 40.8 Å². The van der Waals surface area contributed by atoms with Crippen molar-refractivity contribution in [3.8, 4) is 0 Å². The second-order valence-electron chi connectivity index (χ2n) is 5.70. The summed E-state index contributed by atoms with van der Waals surface area (Å²) in [6.07, 6.45) is 2.26. The highest BCUT2D eigenvalue weighted by Gasteiger charge is 2.22. The molecular weight excluding hydrogens is 356 g/mol. The molecule has 2 N–H and O–H groups in total. The molecule has 7 nitrogen and oxygen atoms in total. The predicted octanol–water partition coefficient (Wildman–Crippen LogP) is 1.90. The van der Waals surface area contributed by atoms with E-state index in [1.54, 1.807) is 18.2 Å². The van der Waals surface area contributed by atoms with Gasteiger partial charge in [-0.1, -0.05) is 25.1 Å². The maximum absolute atomic E-state index is 12.5. The van der Waals surface area contributed by atoms with Crippen LogP contribution < -0.4 is 10.6 Å². The second-order valence-corrected chi connectivity index (χ2v) is 7.69. The van der Waals surface area contributed by atoms with E-state index in [4.69, 9.17) is 4.42 Å². The Morgan fingerprint density at radius 2 is 1.77 bits per heavy atom. The van der Waals surface area contributed by atoms with Crippen LogP contribution in [0.5, 0.6) is 0 Å². The van der Waals surface area contributed by atoms with Crippen molar-refractivity contribution < 1.29 is 22.4 Å². The molecule has 8 heteroatoms. The number of hydrogen-bond acceptors (Lipinski definition) is 5. The molecule has 0 saturated carbocycles. The van der Waals surface area contributed by atoms with Crippen LogP contribution in [0.3, 0.4) is 0 Å². The average molecular weight is 378 g/mol. The lowest BCUT2D eigenvalue weighted by Crippen LogP contribution is -2.31. The average Bonchev–Trinajstić information content (AvgIpc) is 3.08. The number of amides is 2. The minimum absolute atomic E-state index is 0.0570. The van der Waals surface area contributed by atoms with Gasteiger partial charge in [0.1, 0.15) is 0 Å². The molecule has 0 radical (unpaired) electrons. The number of carbonyl (C=O) groups excluding carboxylic acids is 2. The van der Waals surface area contributed by atoms with Crippen molar-refractivity contribution in [2.45, 2.75) is 30.4 Å². The highest BCUT2D eigenvalue weighted by molar-refractivity contribution is 7.90. The highest BCUT2D eigenvalue weighted by Crippen LogP contribution is 2.19. The SMILES string of the molecule is CCCNC(=O)CCNC(=O)c1occc1CS(=O)(=O)c1ccccc1. The molecule has 2 aromatic rings. The fraction of sp³-hybridized carbons (Fsp3) is 0.333. The van der Waals surface area contributed by atoms with Gasteiger partial charge in [0.05, 0.1) is 16.9 Å². The number of benzene rings is 1. The number of carbonyl (C=O) groups is 2. The van der Waals surface area contributed by atoms with E-state index >= 15 is 0 Å². The van der Waals surface area contributed by atoms with E-state index in [9.17, 15) is 18.0 Å². The molecule has 0 aliphatic heterocycles. The Balaban J connectivity index is 1.97. The summed E-state index contributed by atoms with van der Waals surface area (Å²) < 4.78 is 30.1. The van der Waals surface area contributed by atoms with Gasteiger partial charge in [-0.2, -0.15) is 0 Å². The maximum atomic E-state index is 12.5. The summed E-state index contributed by atoms with van der Waals surface area (Å²) in [4.78, 5) is 23.9. The molecule has 0 bridgehead atoms. The molecule has 0 aliphatic rings. The summed E-state index contributed by atoms with van der Waals surface area (Å²) in [5.41, 5.74) is 0.279. The van der Waals surface area contributed by atoms with Crippen molar-refractivity contribution in [1.29, 1.82) is 0 Å². The van der Waals surface area contributed by atoms with Gasteiger partial charge in [-0.15, -0.1) is 0 Å². The summed E-state index contributed by atoms with van der Waals surface area (Å²) in [5.74, 6) is -1.10. The molecule has 0 spiro atoms. The van der Waals surface area contributed by atoms with Crippen LogP contribution in [0, 0.1) is 0 Å². The third kappa shape index (κ3) is 5.45. The Bertz CT molecular complexity index is 843. The zero-order valence-electron chi connectivity index (χ0n) is 14.5. The Hall–Kier alpha value is -2.61. The molecule has 2 rings (SSSR count).